The van der Waals surface area contributed by atoms with E-state index < -0.39 is 0 Å². The molecule has 2 N–H and O–H groups in total. The summed E-state index contributed by atoms with van der Waals surface area (Å²) in [6, 6.07) is 3.66. The fourth-order valence-corrected chi connectivity index (χ4v) is 1.75. The lowest BCUT2D eigenvalue weighted by molar-refractivity contribution is -0.119. The van der Waals surface area contributed by atoms with Gasteiger partial charge in [0, 0.05) is 12.5 Å². The molecule has 0 atom stereocenters. The lowest BCUT2D eigenvalue weighted by Gasteiger charge is -2.26. The van der Waals surface area contributed by atoms with Crippen LogP contribution in [0.3, 0.4) is 0 Å². The zero-order valence-electron chi connectivity index (χ0n) is 11.7. The van der Waals surface area contributed by atoms with Gasteiger partial charge in [0.15, 0.2) is 0 Å². The number of carbonyl (C=O) groups is 1. The number of nitrogen functional groups attached to an aromatic ring is 1. The Kier molecular flexibility index (Phi) is 5.13. The van der Waals surface area contributed by atoms with Gasteiger partial charge in [-0.2, -0.15) is 0 Å². The summed E-state index contributed by atoms with van der Waals surface area (Å²) in [7, 11) is 0. The summed E-state index contributed by atoms with van der Waals surface area (Å²) in [5.41, 5.74) is 6.22. The van der Waals surface area contributed by atoms with Gasteiger partial charge < -0.3 is 5.73 Å². The average molecular weight is 249 g/mol. The molecule has 0 aromatic carbocycles. The normalized spacial score (nSPS) is 11.0. The molecule has 4 heteroatoms. The quantitative estimate of drug-likeness (QED) is 0.873. The number of anilines is 2. The highest BCUT2D eigenvalue weighted by Gasteiger charge is 2.19. The summed E-state index contributed by atoms with van der Waals surface area (Å²) in [4.78, 5) is 18.2. The van der Waals surface area contributed by atoms with Crippen LogP contribution in [0.1, 0.15) is 40.5 Å². The van der Waals surface area contributed by atoms with Crippen LogP contribution in [-0.2, 0) is 4.79 Å². The van der Waals surface area contributed by atoms with Crippen molar-refractivity contribution in [1.82, 2.24) is 4.98 Å². The van der Waals surface area contributed by atoms with Crippen LogP contribution in [-0.4, -0.2) is 16.9 Å². The van der Waals surface area contributed by atoms with E-state index in [1.165, 1.54) is 0 Å². The third kappa shape index (κ3) is 4.02. The molecule has 0 unspecified atom stereocenters. The van der Waals surface area contributed by atoms with Gasteiger partial charge in [-0.15, -0.1) is 0 Å². The van der Waals surface area contributed by atoms with Gasteiger partial charge >= 0.3 is 0 Å². The van der Waals surface area contributed by atoms with Gasteiger partial charge in [-0.05, 0) is 38.3 Å². The molecule has 0 aliphatic heterocycles. The van der Waals surface area contributed by atoms with Crippen molar-refractivity contribution in [2.45, 2.75) is 46.6 Å². The second-order valence-electron chi connectivity index (χ2n) is 5.24. The van der Waals surface area contributed by atoms with E-state index in [-0.39, 0.29) is 11.9 Å². The zero-order valence-corrected chi connectivity index (χ0v) is 11.7. The molecule has 0 aliphatic carbocycles. The number of aromatic nitrogens is 1. The molecule has 0 radical (unpaired) electrons. The molecule has 100 valence electrons. The summed E-state index contributed by atoms with van der Waals surface area (Å²) in [6.45, 7) is 8.22. The van der Waals surface area contributed by atoms with Crippen LogP contribution in [0.2, 0.25) is 0 Å². The van der Waals surface area contributed by atoms with Crippen molar-refractivity contribution in [3.8, 4) is 0 Å². The van der Waals surface area contributed by atoms with E-state index in [0.717, 1.165) is 6.42 Å². The van der Waals surface area contributed by atoms with Crippen molar-refractivity contribution in [2.75, 3.05) is 10.6 Å². The molecule has 1 rings (SSSR count). The summed E-state index contributed by atoms with van der Waals surface area (Å²) < 4.78 is 0. The number of hydrogen-bond acceptors (Lipinski definition) is 3. The molecule has 0 saturated carbocycles. The maximum Gasteiger partial charge on any atom is 0.228 e. The Morgan fingerprint density at radius 1 is 1.33 bits per heavy atom. The SMILES string of the molecule is CC(C)CCC(=O)N(c1ccc(N)cn1)C(C)C. The molecule has 1 aromatic heterocycles. The minimum Gasteiger partial charge on any atom is -0.397 e. The van der Waals surface area contributed by atoms with E-state index in [1.54, 1.807) is 23.2 Å². The number of nitrogens with zero attached hydrogens (tertiary/aromatic N) is 2. The highest BCUT2D eigenvalue weighted by Crippen LogP contribution is 2.18. The number of hydrogen-bond donors (Lipinski definition) is 1. The molecule has 18 heavy (non-hydrogen) atoms. The van der Waals surface area contributed by atoms with Crippen molar-refractivity contribution in [3.05, 3.63) is 18.3 Å². The van der Waals surface area contributed by atoms with Crippen molar-refractivity contribution in [3.63, 3.8) is 0 Å². The summed E-state index contributed by atoms with van der Waals surface area (Å²) in [5.74, 6) is 1.33. The van der Waals surface area contributed by atoms with Gasteiger partial charge in [0.25, 0.3) is 0 Å². The lowest BCUT2D eigenvalue weighted by atomic mass is 10.1. The molecule has 1 amide bonds. The third-order valence-corrected chi connectivity index (χ3v) is 2.74. The van der Waals surface area contributed by atoms with Crippen LogP contribution in [0.4, 0.5) is 11.5 Å². The first-order valence-corrected chi connectivity index (χ1v) is 6.45. The molecule has 1 heterocycles. The van der Waals surface area contributed by atoms with Gasteiger partial charge in [-0.1, -0.05) is 13.8 Å². The van der Waals surface area contributed by atoms with Gasteiger partial charge in [-0.3, -0.25) is 9.69 Å². The Hall–Kier alpha value is -1.58. The smallest absolute Gasteiger partial charge is 0.228 e. The van der Waals surface area contributed by atoms with E-state index in [0.29, 0.717) is 23.8 Å². The van der Waals surface area contributed by atoms with Gasteiger partial charge in [0.1, 0.15) is 5.82 Å². The fourth-order valence-electron chi connectivity index (χ4n) is 1.75. The van der Waals surface area contributed by atoms with Crippen molar-refractivity contribution in [1.29, 1.82) is 0 Å². The zero-order chi connectivity index (χ0) is 13.7. The second-order valence-corrected chi connectivity index (χ2v) is 5.24. The molecule has 1 aromatic rings. The number of nitrogens with two attached hydrogens (primary N) is 1. The Morgan fingerprint density at radius 2 is 2.00 bits per heavy atom. The van der Waals surface area contributed by atoms with E-state index >= 15 is 0 Å². The van der Waals surface area contributed by atoms with Crippen molar-refractivity contribution >= 4 is 17.4 Å². The minimum absolute atomic E-state index is 0.0980. The molecular formula is C14H23N3O. The summed E-state index contributed by atoms with van der Waals surface area (Å²) in [5, 5.41) is 0. The molecule has 0 spiro atoms. The molecule has 0 fully saturated rings. The van der Waals surface area contributed by atoms with Gasteiger partial charge in [0.2, 0.25) is 5.91 Å². The van der Waals surface area contributed by atoms with Crippen LogP contribution in [0.5, 0.6) is 0 Å². The average Bonchev–Trinajstić information content (AvgIpc) is 2.29. The molecule has 0 bridgehead atoms. The van der Waals surface area contributed by atoms with E-state index in [1.807, 2.05) is 13.8 Å². The summed E-state index contributed by atoms with van der Waals surface area (Å²) in [6.07, 6.45) is 3.04. The third-order valence-electron chi connectivity index (χ3n) is 2.74. The monoisotopic (exact) mass is 249 g/mol. The number of amides is 1. The second kappa shape index (κ2) is 6.38. The Labute approximate surface area is 109 Å². The number of rotatable bonds is 5. The molecular weight excluding hydrogens is 226 g/mol. The topological polar surface area (TPSA) is 59.2 Å². The number of carbonyl (C=O) groups excluding carboxylic acids is 1. The predicted molar refractivity (Wildman–Crippen MR) is 75.3 cm³/mol. The lowest BCUT2D eigenvalue weighted by Crippen LogP contribution is -2.37. The predicted octanol–water partition coefficient (Wildman–Crippen LogP) is 2.84. The van der Waals surface area contributed by atoms with E-state index in [4.69, 9.17) is 5.73 Å². The molecule has 4 nitrogen and oxygen atoms in total. The van der Waals surface area contributed by atoms with Crippen LogP contribution in [0, 0.1) is 5.92 Å². The largest absolute Gasteiger partial charge is 0.397 e. The van der Waals surface area contributed by atoms with Gasteiger partial charge in [-0.25, -0.2) is 4.98 Å². The Balaban J connectivity index is 2.82. The van der Waals surface area contributed by atoms with Crippen LogP contribution >= 0.6 is 0 Å². The first kappa shape index (κ1) is 14.5. The van der Waals surface area contributed by atoms with Crippen LogP contribution < -0.4 is 10.6 Å². The first-order chi connectivity index (χ1) is 8.41. The van der Waals surface area contributed by atoms with E-state index in [2.05, 4.69) is 18.8 Å². The molecule has 0 saturated heterocycles. The summed E-state index contributed by atoms with van der Waals surface area (Å²) >= 11 is 0. The highest BCUT2D eigenvalue weighted by atomic mass is 16.2. The highest BCUT2D eigenvalue weighted by molar-refractivity contribution is 5.92. The standard InChI is InChI=1S/C14H23N3O/c1-10(2)5-8-14(18)17(11(3)4)13-7-6-12(15)9-16-13/h6-7,9-11H,5,8,15H2,1-4H3. The van der Waals surface area contributed by atoms with Gasteiger partial charge in [0.05, 0.1) is 11.9 Å². The maximum absolute atomic E-state index is 12.2. The fraction of sp³-hybridized carbons (Fsp3) is 0.571. The maximum atomic E-state index is 12.2. The Morgan fingerprint density at radius 3 is 2.44 bits per heavy atom. The Bertz CT molecular complexity index is 385. The number of pyridine rings is 1. The van der Waals surface area contributed by atoms with Crippen LogP contribution in [0.25, 0.3) is 0 Å². The first-order valence-electron chi connectivity index (χ1n) is 6.45. The molecule has 0 aliphatic rings. The van der Waals surface area contributed by atoms with Crippen molar-refractivity contribution in [2.24, 2.45) is 5.92 Å². The van der Waals surface area contributed by atoms with E-state index in [9.17, 15) is 4.79 Å². The van der Waals surface area contributed by atoms with Crippen molar-refractivity contribution < 1.29 is 4.79 Å². The minimum atomic E-state index is 0.0980. The van der Waals surface area contributed by atoms with Crippen LogP contribution in [0.15, 0.2) is 18.3 Å².